The van der Waals surface area contributed by atoms with Gasteiger partial charge in [0.25, 0.3) is 5.69 Å². The van der Waals surface area contributed by atoms with E-state index in [1.54, 1.807) is 36.4 Å². The zero-order chi connectivity index (χ0) is 20.1. The first-order chi connectivity index (χ1) is 13.4. The summed E-state index contributed by atoms with van der Waals surface area (Å²) in [5, 5.41) is 15.5. The van der Waals surface area contributed by atoms with Gasteiger partial charge >= 0.3 is 0 Å². The molecule has 3 rings (SSSR count). The van der Waals surface area contributed by atoms with Gasteiger partial charge in [-0.2, -0.15) is 0 Å². The van der Waals surface area contributed by atoms with Crippen LogP contribution in [0.25, 0.3) is 0 Å². The maximum atomic E-state index is 10.7. The fraction of sp³-hybridized carbons (Fsp3) is 0.100. The topological polar surface area (TPSA) is 64.4 Å². The lowest BCUT2D eigenvalue weighted by molar-refractivity contribution is -0.384. The molecule has 28 heavy (non-hydrogen) atoms. The van der Waals surface area contributed by atoms with Crippen LogP contribution in [-0.2, 0) is 13.2 Å². The van der Waals surface area contributed by atoms with Gasteiger partial charge in [-0.1, -0.05) is 34.8 Å². The lowest BCUT2D eigenvalue weighted by Crippen LogP contribution is -2.04. The molecular formula is C20H15Cl3N2O3. The molecule has 0 unspecified atom stereocenters. The Kier molecular flexibility index (Phi) is 6.62. The normalized spacial score (nSPS) is 10.5. The lowest BCUT2D eigenvalue weighted by Gasteiger charge is -2.14. The summed E-state index contributed by atoms with van der Waals surface area (Å²) in [6.45, 7) is 0.744. The minimum absolute atomic E-state index is 0.0433. The average Bonchev–Trinajstić information content (AvgIpc) is 2.68. The number of nitrogens with zero attached hydrogens (tertiary/aromatic N) is 1. The number of ether oxygens (including phenoxy) is 1. The first-order valence-electron chi connectivity index (χ1n) is 8.26. The van der Waals surface area contributed by atoms with Gasteiger partial charge in [0.2, 0.25) is 0 Å². The van der Waals surface area contributed by atoms with Crippen molar-refractivity contribution in [2.24, 2.45) is 0 Å². The zero-order valence-electron chi connectivity index (χ0n) is 14.5. The third kappa shape index (κ3) is 5.29. The minimum atomic E-state index is -0.434. The van der Waals surface area contributed by atoms with Gasteiger partial charge in [0.1, 0.15) is 12.4 Å². The second-order valence-electron chi connectivity index (χ2n) is 5.95. The summed E-state index contributed by atoms with van der Waals surface area (Å²) in [6.07, 6.45) is 0. The molecule has 0 atom stereocenters. The third-order valence-corrected chi connectivity index (χ3v) is 4.94. The average molecular weight is 438 g/mol. The van der Waals surface area contributed by atoms with Crippen molar-refractivity contribution in [3.05, 3.63) is 97.0 Å². The number of rotatable bonds is 7. The van der Waals surface area contributed by atoms with Gasteiger partial charge in [-0.15, -0.1) is 0 Å². The fourth-order valence-corrected chi connectivity index (χ4v) is 3.00. The van der Waals surface area contributed by atoms with Crippen LogP contribution in [0.4, 0.5) is 11.4 Å². The van der Waals surface area contributed by atoms with Crippen LogP contribution in [0.15, 0.2) is 60.7 Å². The standard InChI is InChI=1S/C20H15Cl3N2O3/c21-15-3-8-20(28-12-13-1-5-17(6-2-13)25(26)27)14(9-15)11-24-16-4-7-18(22)19(23)10-16/h1-10,24H,11-12H2. The van der Waals surface area contributed by atoms with Gasteiger partial charge in [0.05, 0.1) is 15.0 Å². The van der Waals surface area contributed by atoms with Crippen LogP contribution in [0, 0.1) is 10.1 Å². The monoisotopic (exact) mass is 436 g/mol. The summed E-state index contributed by atoms with van der Waals surface area (Å²) in [5.41, 5.74) is 2.54. The van der Waals surface area contributed by atoms with Crippen molar-refractivity contribution < 1.29 is 9.66 Å². The van der Waals surface area contributed by atoms with Crippen LogP contribution < -0.4 is 10.1 Å². The molecule has 0 saturated carbocycles. The van der Waals surface area contributed by atoms with E-state index in [1.807, 2.05) is 12.1 Å². The van der Waals surface area contributed by atoms with Gasteiger partial charge in [-0.3, -0.25) is 10.1 Å². The van der Waals surface area contributed by atoms with Gasteiger partial charge in [0.15, 0.2) is 0 Å². The molecule has 0 heterocycles. The van der Waals surface area contributed by atoms with Crippen LogP contribution in [-0.4, -0.2) is 4.92 Å². The van der Waals surface area contributed by atoms with Crippen molar-refractivity contribution >= 4 is 46.2 Å². The molecule has 0 aliphatic carbocycles. The van der Waals surface area contributed by atoms with Gasteiger partial charge < -0.3 is 10.1 Å². The SMILES string of the molecule is O=[N+]([O-])c1ccc(COc2ccc(Cl)cc2CNc2ccc(Cl)c(Cl)c2)cc1. The Morgan fingerprint density at radius 1 is 0.929 bits per heavy atom. The van der Waals surface area contributed by atoms with Crippen molar-refractivity contribution in [2.45, 2.75) is 13.2 Å². The highest BCUT2D eigenvalue weighted by molar-refractivity contribution is 6.42. The van der Waals surface area contributed by atoms with Gasteiger partial charge in [0, 0.05) is 35.0 Å². The van der Waals surface area contributed by atoms with E-state index in [9.17, 15) is 10.1 Å². The molecule has 0 spiro atoms. The number of halogens is 3. The summed E-state index contributed by atoms with van der Waals surface area (Å²) < 4.78 is 5.89. The summed E-state index contributed by atoms with van der Waals surface area (Å²) in [5.74, 6) is 0.662. The van der Waals surface area contributed by atoms with Gasteiger partial charge in [-0.05, 0) is 54.1 Å². The quantitative estimate of drug-likeness (QED) is 0.328. The smallest absolute Gasteiger partial charge is 0.269 e. The van der Waals surface area contributed by atoms with E-state index in [4.69, 9.17) is 39.5 Å². The number of anilines is 1. The highest BCUT2D eigenvalue weighted by Crippen LogP contribution is 2.28. The summed E-state index contributed by atoms with van der Waals surface area (Å²) in [4.78, 5) is 10.3. The van der Waals surface area contributed by atoms with E-state index >= 15 is 0 Å². The predicted molar refractivity (Wildman–Crippen MR) is 113 cm³/mol. The minimum Gasteiger partial charge on any atom is -0.489 e. The largest absolute Gasteiger partial charge is 0.489 e. The highest BCUT2D eigenvalue weighted by Gasteiger charge is 2.08. The van der Waals surface area contributed by atoms with E-state index in [2.05, 4.69) is 5.32 Å². The molecule has 0 bridgehead atoms. The van der Waals surface area contributed by atoms with Crippen molar-refractivity contribution in [1.29, 1.82) is 0 Å². The number of hydrogen-bond donors (Lipinski definition) is 1. The van der Waals surface area contributed by atoms with Crippen molar-refractivity contribution in [2.75, 3.05) is 5.32 Å². The summed E-state index contributed by atoms with van der Waals surface area (Å²) in [6, 6.07) is 16.9. The molecule has 3 aromatic carbocycles. The molecule has 0 aromatic heterocycles. The Bertz CT molecular complexity index is 994. The molecule has 144 valence electrons. The number of nitro benzene ring substituents is 1. The lowest BCUT2D eigenvalue weighted by atomic mass is 10.2. The third-order valence-electron chi connectivity index (χ3n) is 3.97. The van der Waals surface area contributed by atoms with E-state index in [-0.39, 0.29) is 12.3 Å². The molecule has 0 fully saturated rings. The van der Waals surface area contributed by atoms with Crippen LogP contribution in [0.5, 0.6) is 5.75 Å². The van der Waals surface area contributed by atoms with E-state index < -0.39 is 4.92 Å². The zero-order valence-corrected chi connectivity index (χ0v) is 16.8. The van der Waals surface area contributed by atoms with Crippen LogP contribution in [0.1, 0.15) is 11.1 Å². The van der Waals surface area contributed by atoms with Crippen molar-refractivity contribution in [3.8, 4) is 5.75 Å². The summed E-state index contributed by atoms with van der Waals surface area (Å²) in [7, 11) is 0. The van der Waals surface area contributed by atoms with Crippen molar-refractivity contribution in [3.63, 3.8) is 0 Å². The maximum Gasteiger partial charge on any atom is 0.269 e. The molecule has 0 amide bonds. The van der Waals surface area contributed by atoms with Crippen LogP contribution in [0.3, 0.4) is 0 Å². The number of hydrogen-bond acceptors (Lipinski definition) is 4. The molecule has 0 aliphatic heterocycles. The highest BCUT2D eigenvalue weighted by atomic mass is 35.5. The second-order valence-corrected chi connectivity index (χ2v) is 7.20. The second kappa shape index (κ2) is 9.15. The molecular weight excluding hydrogens is 423 g/mol. The molecule has 0 aliphatic rings. The van der Waals surface area contributed by atoms with Crippen LogP contribution in [0.2, 0.25) is 15.1 Å². The first kappa shape index (κ1) is 20.3. The number of non-ortho nitro benzene ring substituents is 1. The Balaban J connectivity index is 1.69. The number of nitrogens with one attached hydrogen (secondary N) is 1. The molecule has 8 heteroatoms. The van der Waals surface area contributed by atoms with E-state index in [0.717, 1.165) is 16.8 Å². The van der Waals surface area contributed by atoms with Crippen LogP contribution >= 0.6 is 34.8 Å². The summed E-state index contributed by atoms with van der Waals surface area (Å²) >= 11 is 18.1. The molecule has 0 saturated heterocycles. The van der Waals surface area contributed by atoms with Gasteiger partial charge in [-0.25, -0.2) is 0 Å². The molecule has 3 aromatic rings. The number of benzene rings is 3. The first-order valence-corrected chi connectivity index (χ1v) is 9.39. The van der Waals surface area contributed by atoms with E-state index in [0.29, 0.717) is 27.4 Å². The molecule has 5 nitrogen and oxygen atoms in total. The Morgan fingerprint density at radius 3 is 2.36 bits per heavy atom. The molecule has 0 radical (unpaired) electrons. The Labute approximate surface area is 177 Å². The van der Waals surface area contributed by atoms with E-state index in [1.165, 1.54) is 12.1 Å². The number of nitro groups is 1. The fourth-order valence-electron chi connectivity index (χ4n) is 2.51. The Morgan fingerprint density at radius 2 is 1.68 bits per heavy atom. The maximum absolute atomic E-state index is 10.7. The Hall–Kier alpha value is -2.47. The molecule has 1 N–H and O–H groups in total. The van der Waals surface area contributed by atoms with Crippen molar-refractivity contribution in [1.82, 2.24) is 0 Å². The predicted octanol–water partition coefficient (Wildman–Crippen LogP) is 6.75.